The zero-order chi connectivity index (χ0) is 15.4. The molecule has 21 heavy (non-hydrogen) atoms. The molecule has 7 heteroatoms. The number of carbonyl (C=O) groups is 1. The number of halogens is 3. The van der Waals surface area contributed by atoms with E-state index in [0.29, 0.717) is 0 Å². The molecule has 0 saturated heterocycles. The molecule has 1 unspecified atom stereocenters. The molecule has 0 radical (unpaired) electrons. The number of aromatic nitrogens is 1. The molecule has 2 N–H and O–H groups in total. The van der Waals surface area contributed by atoms with Crippen molar-refractivity contribution in [3.63, 3.8) is 0 Å². The van der Waals surface area contributed by atoms with Gasteiger partial charge in [0.2, 0.25) is 0 Å². The molecular formula is C14H11Cl2IN2O2. The van der Waals surface area contributed by atoms with Gasteiger partial charge >= 0.3 is 0 Å². The topological polar surface area (TPSA) is 62.2 Å². The van der Waals surface area contributed by atoms with Crippen molar-refractivity contribution in [3.8, 4) is 0 Å². The van der Waals surface area contributed by atoms with E-state index in [0.717, 1.165) is 9.13 Å². The summed E-state index contributed by atoms with van der Waals surface area (Å²) in [6.07, 6.45) is 2.70. The van der Waals surface area contributed by atoms with Gasteiger partial charge in [0, 0.05) is 16.0 Å². The molecule has 1 atom stereocenters. The van der Waals surface area contributed by atoms with Gasteiger partial charge in [0.1, 0.15) is 0 Å². The fraction of sp³-hybridized carbons (Fsp3) is 0.143. The summed E-state index contributed by atoms with van der Waals surface area (Å²) in [6, 6.07) is 6.96. The minimum Gasteiger partial charge on any atom is -0.394 e. The molecule has 0 aliphatic rings. The fourth-order valence-electron chi connectivity index (χ4n) is 1.79. The van der Waals surface area contributed by atoms with E-state index in [1.54, 1.807) is 0 Å². The third-order valence-corrected chi connectivity index (χ3v) is 4.13. The maximum absolute atomic E-state index is 12.3. The van der Waals surface area contributed by atoms with Crippen LogP contribution in [0.15, 0.2) is 36.7 Å². The number of rotatable bonds is 4. The summed E-state index contributed by atoms with van der Waals surface area (Å²) in [5, 5.41) is 12.5. The molecule has 0 saturated carbocycles. The number of amides is 1. The van der Waals surface area contributed by atoms with Crippen molar-refractivity contribution in [2.24, 2.45) is 0 Å². The van der Waals surface area contributed by atoms with Crippen LogP contribution in [-0.2, 0) is 0 Å². The molecule has 0 aliphatic carbocycles. The largest absolute Gasteiger partial charge is 0.394 e. The lowest BCUT2D eigenvalue weighted by Gasteiger charge is -2.17. The predicted octanol–water partition coefficient (Wildman–Crippen LogP) is 3.46. The number of aliphatic hydroxyl groups is 1. The number of nitrogens with zero attached hydrogens (tertiary/aromatic N) is 1. The number of hydrogen-bond donors (Lipinski definition) is 2. The van der Waals surface area contributed by atoms with Gasteiger partial charge in [-0.15, -0.1) is 0 Å². The Balaban J connectivity index is 2.22. The SMILES string of the molecule is O=C(NC(CO)c1ccc(I)cc1)c1c(Cl)cncc1Cl. The first-order valence-corrected chi connectivity index (χ1v) is 7.82. The van der Waals surface area contributed by atoms with E-state index < -0.39 is 11.9 Å². The number of aliphatic hydroxyl groups excluding tert-OH is 1. The summed E-state index contributed by atoms with van der Waals surface area (Å²) < 4.78 is 1.07. The Bertz CT molecular complexity index is 630. The molecule has 1 heterocycles. The second-order valence-corrected chi connectivity index (χ2v) is 6.30. The molecule has 2 rings (SSSR count). The maximum Gasteiger partial charge on any atom is 0.254 e. The van der Waals surface area contributed by atoms with Crippen LogP contribution in [-0.4, -0.2) is 22.6 Å². The molecule has 0 bridgehead atoms. The summed E-state index contributed by atoms with van der Waals surface area (Å²) >= 11 is 14.1. The number of nitrogens with one attached hydrogen (secondary N) is 1. The van der Waals surface area contributed by atoms with Gasteiger partial charge in [-0.1, -0.05) is 35.3 Å². The summed E-state index contributed by atoms with van der Waals surface area (Å²) in [7, 11) is 0. The van der Waals surface area contributed by atoms with E-state index in [9.17, 15) is 9.90 Å². The Morgan fingerprint density at radius 2 is 1.81 bits per heavy atom. The Hall–Kier alpha value is -0.890. The Morgan fingerprint density at radius 1 is 1.24 bits per heavy atom. The van der Waals surface area contributed by atoms with Gasteiger partial charge in [0.05, 0.1) is 28.3 Å². The summed E-state index contributed by atoms with van der Waals surface area (Å²) in [6.45, 7) is -0.230. The van der Waals surface area contributed by atoms with Gasteiger partial charge in [-0.2, -0.15) is 0 Å². The lowest BCUT2D eigenvalue weighted by Crippen LogP contribution is -2.31. The first-order chi connectivity index (χ1) is 10.0. The minimum absolute atomic E-state index is 0.150. The zero-order valence-corrected chi connectivity index (χ0v) is 14.4. The molecule has 0 fully saturated rings. The molecule has 1 amide bonds. The smallest absolute Gasteiger partial charge is 0.254 e. The lowest BCUT2D eigenvalue weighted by atomic mass is 10.1. The highest BCUT2D eigenvalue weighted by atomic mass is 127. The average molecular weight is 437 g/mol. The van der Waals surface area contributed by atoms with Gasteiger partial charge in [-0.25, -0.2) is 0 Å². The molecule has 0 aliphatic heterocycles. The lowest BCUT2D eigenvalue weighted by molar-refractivity contribution is 0.0916. The maximum atomic E-state index is 12.3. The third kappa shape index (κ3) is 4.06. The number of hydrogen-bond acceptors (Lipinski definition) is 3. The molecular weight excluding hydrogens is 426 g/mol. The van der Waals surface area contributed by atoms with E-state index >= 15 is 0 Å². The summed E-state index contributed by atoms with van der Waals surface area (Å²) in [5.41, 5.74) is 0.949. The first-order valence-electron chi connectivity index (χ1n) is 5.99. The molecule has 4 nitrogen and oxygen atoms in total. The van der Waals surface area contributed by atoms with Gasteiger partial charge in [-0.05, 0) is 40.3 Å². The van der Waals surface area contributed by atoms with Crippen molar-refractivity contribution in [2.75, 3.05) is 6.61 Å². The number of carbonyl (C=O) groups excluding carboxylic acids is 1. The highest BCUT2D eigenvalue weighted by molar-refractivity contribution is 14.1. The Kier molecular flexibility index (Phi) is 5.80. The van der Waals surface area contributed by atoms with Crippen molar-refractivity contribution in [1.82, 2.24) is 10.3 Å². The Morgan fingerprint density at radius 3 is 2.33 bits per heavy atom. The van der Waals surface area contributed by atoms with E-state index in [1.165, 1.54) is 12.4 Å². The van der Waals surface area contributed by atoms with Crippen LogP contribution < -0.4 is 5.32 Å². The van der Waals surface area contributed by atoms with Crippen molar-refractivity contribution in [3.05, 3.63) is 61.4 Å². The van der Waals surface area contributed by atoms with Crippen LogP contribution in [0.2, 0.25) is 10.0 Å². The summed E-state index contributed by atoms with van der Waals surface area (Å²) in [5.74, 6) is -0.454. The molecule has 2 aromatic rings. The van der Waals surface area contributed by atoms with E-state index in [4.69, 9.17) is 23.2 Å². The third-order valence-electron chi connectivity index (χ3n) is 2.84. The van der Waals surface area contributed by atoms with Crippen LogP contribution in [0.25, 0.3) is 0 Å². The molecule has 110 valence electrons. The van der Waals surface area contributed by atoms with Crippen LogP contribution in [0, 0.1) is 3.57 Å². The summed E-state index contributed by atoms with van der Waals surface area (Å²) in [4.78, 5) is 16.1. The highest BCUT2D eigenvalue weighted by Gasteiger charge is 2.19. The fourth-order valence-corrected chi connectivity index (χ4v) is 2.68. The van der Waals surface area contributed by atoms with E-state index in [-0.39, 0.29) is 22.2 Å². The average Bonchev–Trinajstić information content (AvgIpc) is 2.45. The number of benzene rings is 1. The second-order valence-electron chi connectivity index (χ2n) is 4.24. The van der Waals surface area contributed by atoms with Gasteiger partial charge in [-0.3, -0.25) is 9.78 Å². The van der Waals surface area contributed by atoms with Crippen molar-refractivity contribution in [2.45, 2.75) is 6.04 Å². The van der Waals surface area contributed by atoms with Crippen molar-refractivity contribution in [1.29, 1.82) is 0 Å². The molecule has 1 aromatic heterocycles. The van der Waals surface area contributed by atoms with Crippen LogP contribution in [0.4, 0.5) is 0 Å². The first kappa shape index (κ1) is 16.5. The van der Waals surface area contributed by atoms with Crippen LogP contribution >= 0.6 is 45.8 Å². The standard InChI is InChI=1S/C14H11Cl2IN2O2/c15-10-5-18-6-11(16)13(10)14(21)19-12(7-20)8-1-3-9(17)4-2-8/h1-6,12,20H,7H2,(H,19,21). The monoisotopic (exact) mass is 436 g/mol. The molecule has 1 aromatic carbocycles. The van der Waals surface area contributed by atoms with Gasteiger partial charge in [0.15, 0.2) is 0 Å². The predicted molar refractivity (Wildman–Crippen MR) is 90.7 cm³/mol. The van der Waals surface area contributed by atoms with E-state index in [2.05, 4.69) is 32.9 Å². The van der Waals surface area contributed by atoms with Crippen molar-refractivity contribution < 1.29 is 9.90 Å². The minimum atomic E-state index is -0.533. The van der Waals surface area contributed by atoms with Crippen LogP contribution in [0.3, 0.4) is 0 Å². The quantitative estimate of drug-likeness (QED) is 0.721. The van der Waals surface area contributed by atoms with Gasteiger partial charge < -0.3 is 10.4 Å². The Labute approximate surface area is 145 Å². The van der Waals surface area contributed by atoms with E-state index in [1.807, 2.05) is 24.3 Å². The highest BCUT2D eigenvalue weighted by Crippen LogP contribution is 2.24. The van der Waals surface area contributed by atoms with Crippen molar-refractivity contribution >= 4 is 51.7 Å². The second kappa shape index (κ2) is 7.40. The van der Waals surface area contributed by atoms with Crippen LogP contribution in [0.1, 0.15) is 22.0 Å². The molecule has 0 spiro atoms. The number of pyridine rings is 1. The zero-order valence-electron chi connectivity index (χ0n) is 10.7. The van der Waals surface area contributed by atoms with Gasteiger partial charge in [0.25, 0.3) is 5.91 Å². The normalized spacial score (nSPS) is 12.0. The van der Waals surface area contributed by atoms with Crippen LogP contribution in [0.5, 0.6) is 0 Å².